The molecule has 1 heterocycles. The number of nitrogens with zero attached hydrogens (tertiary/aromatic N) is 3. The third-order valence-electron chi connectivity index (χ3n) is 4.23. The smallest absolute Gasteiger partial charge is 0.329 e. The molecule has 0 unspecified atom stereocenters. The summed E-state index contributed by atoms with van der Waals surface area (Å²) in [5.74, 6) is 0.0885. The van der Waals surface area contributed by atoms with Crippen molar-refractivity contribution in [2.75, 3.05) is 22.5 Å². The molecule has 3 N–H and O–H groups in total. The van der Waals surface area contributed by atoms with Crippen LogP contribution in [0.2, 0.25) is 0 Å². The lowest BCUT2D eigenvalue weighted by Gasteiger charge is -2.13. The molecule has 9 nitrogen and oxygen atoms in total. The Hall–Kier alpha value is -3.23. The molecular weight excluding hydrogens is 348 g/mol. The molecule has 0 spiro atoms. The number of amides is 1. The van der Waals surface area contributed by atoms with Gasteiger partial charge in [0.05, 0.1) is 11.5 Å². The van der Waals surface area contributed by atoms with Crippen molar-refractivity contribution in [3.05, 3.63) is 45.1 Å². The lowest BCUT2D eigenvalue weighted by atomic mass is 10.1. The Balaban J connectivity index is 1.65. The highest BCUT2D eigenvalue weighted by Crippen LogP contribution is 2.29. The zero-order valence-electron chi connectivity index (χ0n) is 15.5. The van der Waals surface area contributed by atoms with Crippen molar-refractivity contribution in [2.24, 2.45) is 0 Å². The average molecular weight is 370 g/mol. The number of carbonyl (C=O) groups is 1. The second-order valence-corrected chi connectivity index (χ2v) is 6.78. The van der Waals surface area contributed by atoms with Gasteiger partial charge in [0.1, 0.15) is 6.20 Å². The maximum absolute atomic E-state index is 12.3. The van der Waals surface area contributed by atoms with E-state index >= 15 is 0 Å². The molecule has 1 fully saturated rings. The second-order valence-electron chi connectivity index (χ2n) is 6.78. The van der Waals surface area contributed by atoms with Crippen LogP contribution >= 0.6 is 0 Å². The molecule has 3 rings (SSSR count). The molecule has 27 heavy (non-hydrogen) atoms. The number of aryl methyl sites for hydroxylation is 3. The summed E-state index contributed by atoms with van der Waals surface area (Å²) < 4.78 is 0. The van der Waals surface area contributed by atoms with Crippen LogP contribution < -0.4 is 16.0 Å². The number of aromatic nitrogens is 2. The van der Waals surface area contributed by atoms with Crippen molar-refractivity contribution >= 4 is 29.0 Å². The van der Waals surface area contributed by atoms with Crippen LogP contribution in [0.15, 0.2) is 18.3 Å². The third kappa shape index (κ3) is 4.69. The molecule has 142 valence electrons. The van der Waals surface area contributed by atoms with E-state index in [1.165, 1.54) is 0 Å². The molecule has 1 amide bonds. The second kappa shape index (κ2) is 7.56. The van der Waals surface area contributed by atoms with E-state index in [-0.39, 0.29) is 35.9 Å². The summed E-state index contributed by atoms with van der Waals surface area (Å²) in [7, 11) is 0. The van der Waals surface area contributed by atoms with Gasteiger partial charge in [-0.1, -0.05) is 17.7 Å². The summed E-state index contributed by atoms with van der Waals surface area (Å²) in [5, 5.41) is 19.8. The van der Waals surface area contributed by atoms with E-state index in [1.807, 2.05) is 32.9 Å². The Kier molecular flexibility index (Phi) is 5.20. The monoisotopic (exact) mass is 370 g/mol. The molecular formula is C18H22N6O3. The molecule has 1 aromatic carbocycles. The van der Waals surface area contributed by atoms with Crippen molar-refractivity contribution in [1.29, 1.82) is 0 Å². The number of anilines is 3. The fourth-order valence-electron chi connectivity index (χ4n) is 2.84. The van der Waals surface area contributed by atoms with Crippen molar-refractivity contribution < 1.29 is 9.72 Å². The highest BCUT2D eigenvalue weighted by atomic mass is 16.6. The zero-order chi connectivity index (χ0) is 19.6. The molecule has 1 aromatic heterocycles. The molecule has 2 aromatic rings. The Morgan fingerprint density at radius 2 is 1.93 bits per heavy atom. The number of benzene rings is 1. The molecule has 9 heteroatoms. The number of nitro groups is 1. The normalized spacial score (nSPS) is 13.1. The quantitative estimate of drug-likeness (QED) is 0.506. The SMILES string of the molecule is Cc1cc(C)c(NC(=O)CNc2ncc([N+](=O)[O-])c(NC3CC3)n2)c(C)c1. The number of hydrogen-bond donors (Lipinski definition) is 3. The van der Waals surface area contributed by atoms with Crippen LogP contribution in [-0.4, -0.2) is 33.4 Å². The van der Waals surface area contributed by atoms with Gasteiger partial charge in [-0.3, -0.25) is 14.9 Å². The Bertz CT molecular complexity index is 872. The molecule has 1 aliphatic carbocycles. The Morgan fingerprint density at radius 3 is 2.52 bits per heavy atom. The first-order valence-electron chi connectivity index (χ1n) is 8.73. The van der Waals surface area contributed by atoms with Crippen LogP contribution in [0.1, 0.15) is 29.5 Å². The summed E-state index contributed by atoms with van der Waals surface area (Å²) in [4.78, 5) is 30.9. The summed E-state index contributed by atoms with van der Waals surface area (Å²) in [6.45, 7) is 5.84. The topological polar surface area (TPSA) is 122 Å². The van der Waals surface area contributed by atoms with E-state index in [4.69, 9.17) is 0 Å². The van der Waals surface area contributed by atoms with E-state index < -0.39 is 4.92 Å². The highest BCUT2D eigenvalue weighted by molar-refractivity contribution is 5.95. The average Bonchev–Trinajstić information content (AvgIpc) is 3.40. The molecule has 1 aliphatic rings. The van der Waals surface area contributed by atoms with Gasteiger partial charge in [0, 0.05) is 11.7 Å². The predicted octanol–water partition coefficient (Wildman–Crippen LogP) is 2.93. The fraction of sp³-hybridized carbons (Fsp3) is 0.389. The summed E-state index contributed by atoms with van der Waals surface area (Å²) in [5.41, 5.74) is 3.72. The van der Waals surface area contributed by atoms with Gasteiger partial charge in [-0.15, -0.1) is 0 Å². The highest BCUT2D eigenvalue weighted by Gasteiger charge is 2.26. The molecule has 1 saturated carbocycles. The molecule has 0 saturated heterocycles. The van der Waals surface area contributed by atoms with Gasteiger partial charge in [0.25, 0.3) is 0 Å². The first-order chi connectivity index (χ1) is 12.8. The summed E-state index contributed by atoms with van der Waals surface area (Å²) >= 11 is 0. The maximum atomic E-state index is 12.3. The van der Waals surface area contributed by atoms with Gasteiger partial charge in [0.2, 0.25) is 17.7 Å². The van der Waals surface area contributed by atoms with Crippen molar-refractivity contribution in [3.63, 3.8) is 0 Å². The van der Waals surface area contributed by atoms with Crippen molar-refractivity contribution in [2.45, 2.75) is 39.7 Å². The van der Waals surface area contributed by atoms with Gasteiger partial charge in [-0.05, 0) is 44.7 Å². The Labute approximate surface area is 156 Å². The molecule has 0 bridgehead atoms. The minimum atomic E-state index is -0.524. The molecule has 0 atom stereocenters. The maximum Gasteiger partial charge on any atom is 0.329 e. The summed E-state index contributed by atoms with van der Waals surface area (Å²) in [6.07, 6.45) is 3.06. The Morgan fingerprint density at radius 1 is 1.26 bits per heavy atom. The van der Waals surface area contributed by atoms with Crippen LogP contribution in [0.4, 0.5) is 23.1 Å². The van der Waals surface area contributed by atoms with Gasteiger partial charge >= 0.3 is 5.69 Å². The van der Waals surface area contributed by atoms with Crippen LogP contribution in [0.5, 0.6) is 0 Å². The minimum absolute atomic E-state index is 0.0482. The fourth-order valence-corrected chi connectivity index (χ4v) is 2.84. The lowest BCUT2D eigenvalue weighted by molar-refractivity contribution is -0.384. The number of hydrogen-bond acceptors (Lipinski definition) is 7. The van der Waals surface area contributed by atoms with E-state index in [0.717, 1.165) is 41.4 Å². The van der Waals surface area contributed by atoms with E-state index in [9.17, 15) is 14.9 Å². The van der Waals surface area contributed by atoms with Crippen LogP contribution in [0.25, 0.3) is 0 Å². The first-order valence-corrected chi connectivity index (χ1v) is 8.73. The predicted molar refractivity (Wildman–Crippen MR) is 103 cm³/mol. The van der Waals surface area contributed by atoms with Crippen LogP contribution in [-0.2, 0) is 4.79 Å². The summed E-state index contributed by atoms with van der Waals surface area (Å²) in [6, 6.07) is 4.22. The number of carbonyl (C=O) groups excluding carboxylic acids is 1. The third-order valence-corrected chi connectivity index (χ3v) is 4.23. The van der Waals surface area contributed by atoms with E-state index in [2.05, 4.69) is 25.9 Å². The van der Waals surface area contributed by atoms with Crippen molar-refractivity contribution in [3.8, 4) is 0 Å². The largest absolute Gasteiger partial charge is 0.361 e. The van der Waals surface area contributed by atoms with Gasteiger partial charge < -0.3 is 16.0 Å². The van der Waals surface area contributed by atoms with Crippen LogP contribution in [0.3, 0.4) is 0 Å². The van der Waals surface area contributed by atoms with Gasteiger partial charge in [0.15, 0.2) is 0 Å². The molecule has 0 radical (unpaired) electrons. The minimum Gasteiger partial charge on any atom is -0.361 e. The van der Waals surface area contributed by atoms with E-state index in [1.54, 1.807) is 0 Å². The standard InChI is InChI=1S/C18H22N6O3/c1-10-6-11(2)16(12(3)7-10)22-15(25)9-20-18-19-8-14(24(26)27)17(23-18)21-13-4-5-13/h6-8,13H,4-5,9H2,1-3H3,(H,22,25)(H2,19,20,21,23). The number of nitrogens with one attached hydrogen (secondary N) is 3. The number of rotatable bonds is 7. The zero-order valence-corrected chi connectivity index (χ0v) is 15.5. The van der Waals surface area contributed by atoms with Gasteiger partial charge in [-0.2, -0.15) is 4.98 Å². The van der Waals surface area contributed by atoms with Crippen LogP contribution in [0, 0.1) is 30.9 Å². The van der Waals surface area contributed by atoms with E-state index in [0.29, 0.717) is 0 Å². The first kappa shape index (κ1) is 18.6. The molecule has 0 aliphatic heterocycles. The van der Waals surface area contributed by atoms with Crippen molar-refractivity contribution in [1.82, 2.24) is 9.97 Å². The van der Waals surface area contributed by atoms with Gasteiger partial charge in [-0.25, -0.2) is 4.98 Å². The lowest BCUT2D eigenvalue weighted by Crippen LogP contribution is -2.23.